The van der Waals surface area contributed by atoms with Crippen LogP contribution in [0.3, 0.4) is 0 Å². The van der Waals surface area contributed by atoms with E-state index in [1.807, 2.05) is 6.07 Å². The molecule has 2 aromatic rings. The monoisotopic (exact) mass is 459 g/mol. The van der Waals surface area contributed by atoms with Crippen LogP contribution in [0.4, 0.5) is 5.69 Å². The van der Waals surface area contributed by atoms with Gasteiger partial charge in [-0.1, -0.05) is 65.4 Å². The molecular formula is C17H11Cl2NO4S3. The van der Waals surface area contributed by atoms with Crippen molar-refractivity contribution in [3.63, 3.8) is 0 Å². The Bertz CT molecular complexity index is 1070. The number of anilines is 1. The minimum absolute atomic E-state index is 0.0118. The maximum Gasteiger partial charge on any atom is 0.306 e. The molecule has 10 heteroatoms. The lowest BCUT2D eigenvalue weighted by Crippen LogP contribution is -2.27. The summed E-state index contributed by atoms with van der Waals surface area (Å²) < 4.78 is 28.4. The van der Waals surface area contributed by atoms with Crippen molar-refractivity contribution in [1.29, 1.82) is 0 Å². The first-order chi connectivity index (χ1) is 12.7. The molecule has 0 aromatic heterocycles. The Hall–Kier alpha value is -1.58. The molecular weight excluding hydrogens is 449 g/mol. The summed E-state index contributed by atoms with van der Waals surface area (Å²) in [5.74, 6) is -0.439. The zero-order chi connectivity index (χ0) is 19.8. The first kappa shape index (κ1) is 20.2. The van der Waals surface area contributed by atoms with Crippen LogP contribution in [-0.4, -0.2) is 24.9 Å². The number of benzene rings is 2. The highest BCUT2D eigenvalue weighted by Crippen LogP contribution is 2.40. The van der Waals surface area contributed by atoms with Gasteiger partial charge in [-0.05, 0) is 30.3 Å². The van der Waals surface area contributed by atoms with Crippen molar-refractivity contribution >= 4 is 79.3 Å². The molecule has 1 aliphatic heterocycles. The summed E-state index contributed by atoms with van der Waals surface area (Å²) in [6.45, 7) is 0. The first-order valence-electron chi connectivity index (χ1n) is 7.37. The van der Waals surface area contributed by atoms with Crippen molar-refractivity contribution in [2.75, 3.05) is 11.2 Å². The molecule has 0 spiro atoms. The smallest absolute Gasteiger partial charge is 0.306 e. The molecule has 2 aromatic carbocycles. The molecule has 1 saturated heterocycles. The van der Waals surface area contributed by atoms with Crippen LogP contribution in [0, 0.1) is 0 Å². The van der Waals surface area contributed by atoms with Gasteiger partial charge in [-0.3, -0.25) is 9.69 Å². The Balaban J connectivity index is 2.05. The van der Waals surface area contributed by atoms with Crippen LogP contribution in [0.2, 0.25) is 10.0 Å². The molecule has 0 saturated carbocycles. The number of nitrogens with zero attached hydrogens (tertiary/aromatic N) is 1. The predicted octanol–water partition coefficient (Wildman–Crippen LogP) is 4.74. The van der Waals surface area contributed by atoms with Crippen molar-refractivity contribution in [3.05, 3.63) is 63.0 Å². The largest absolute Gasteiger partial charge is 0.380 e. The zero-order valence-electron chi connectivity index (χ0n) is 13.7. The number of amides is 1. The van der Waals surface area contributed by atoms with E-state index in [1.165, 1.54) is 23.1 Å². The highest BCUT2D eigenvalue weighted by atomic mass is 35.5. The highest BCUT2D eigenvalue weighted by Gasteiger charge is 2.33. The highest BCUT2D eigenvalue weighted by molar-refractivity contribution is 8.27. The van der Waals surface area contributed by atoms with Crippen molar-refractivity contribution in [3.8, 4) is 5.75 Å². The summed E-state index contributed by atoms with van der Waals surface area (Å²) >= 11 is 18.5. The van der Waals surface area contributed by atoms with Gasteiger partial charge in [-0.25, -0.2) is 0 Å². The molecule has 27 heavy (non-hydrogen) atoms. The van der Waals surface area contributed by atoms with Crippen LogP contribution in [-0.2, 0) is 14.9 Å². The molecule has 0 N–H and O–H groups in total. The standard InChI is InChI=1S/C17H11Cl2NO4S3/c1-27(22,23)24-15-10(7-11(18)9-13(15)19)8-14-16(21)20(17(25)26-14)12-5-3-2-4-6-12/h2-9H,1H3/b14-8+. The van der Waals surface area contributed by atoms with E-state index in [1.54, 1.807) is 24.3 Å². The fourth-order valence-electron chi connectivity index (χ4n) is 2.34. The fourth-order valence-corrected chi connectivity index (χ4v) is 4.71. The van der Waals surface area contributed by atoms with Crippen molar-refractivity contribution in [1.82, 2.24) is 0 Å². The lowest BCUT2D eigenvalue weighted by Gasteiger charge is -2.14. The maximum atomic E-state index is 12.8. The maximum absolute atomic E-state index is 12.8. The number of carbonyl (C=O) groups is 1. The van der Waals surface area contributed by atoms with E-state index in [4.69, 9.17) is 39.6 Å². The van der Waals surface area contributed by atoms with Gasteiger partial charge >= 0.3 is 10.1 Å². The zero-order valence-corrected chi connectivity index (χ0v) is 17.6. The normalized spacial score (nSPS) is 16.3. The number of halogens is 2. The van der Waals surface area contributed by atoms with Crippen LogP contribution in [0.5, 0.6) is 5.75 Å². The second-order valence-corrected chi connectivity index (χ2v) is 9.54. The molecule has 1 heterocycles. The third-order valence-corrected chi connectivity index (χ3v) is 5.64. The number of carbonyl (C=O) groups excluding carboxylic acids is 1. The van der Waals surface area contributed by atoms with Crippen LogP contribution in [0.1, 0.15) is 5.56 Å². The molecule has 0 aliphatic carbocycles. The Morgan fingerprint density at radius 1 is 1.19 bits per heavy atom. The minimum Gasteiger partial charge on any atom is -0.380 e. The van der Waals surface area contributed by atoms with Gasteiger partial charge in [0.25, 0.3) is 5.91 Å². The summed E-state index contributed by atoms with van der Waals surface area (Å²) in [6.07, 6.45) is 2.36. The predicted molar refractivity (Wildman–Crippen MR) is 114 cm³/mol. The number of para-hydroxylation sites is 1. The van der Waals surface area contributed by atoms with Gasteiger partial charge in [-0.15, -0.1) is 0 Å². The van der Waals surface area contributed by atoms with Crippen molar-refractivity contribution < 1.29 is 17.4 Å². The molecule has 1 aliphatic rings. The first-order valence-corrected chi connectivity index (χ1v) is 11.2. The number of rotatable bonds is 4. The van der Waals surface area contributed by atoms with Crippen molar-refractivity contribution in [2.24, 2.45) is 0 Å². The Kier molecular flexibility index (Phi) is 5.83. The quantitative estimate of drug-likeness (QED) is 0.373. The van der Waals surface area contributed by atoms with E-state index in [9.17, 15) is 13.2 Å². The molecule has 1 amide bonds. The molecule has 0 radical (unpaired) electrons. The van der Waals surface area contributed by atoms with Gasteiger partial charge in [0, 0.05) is 10.6 Å². The second kappa shape index (κ2) is 7.81. The van der Waals surface area contributed by atoms with Gasteiger partial charge < -0.3 is 4.18 Å². The molecule has 1 fully saturated rings. The lowest BCUT2D eigenvalue weighted by molar-refractivity contribution is -0.113. The van der Waals surface area contributed by atoms with Gasteiger partial charge in [0.2, 0.25) is 0 Å². The van der Waals surface area contributed by atoms with E-state index in [0.717, 1.165) is 18.0 Å². The van der Waals surface area contributed by atoms with Crippen LogP contribution < -0.4 is 9.08 Å². The van der Waals surface area contributed by atoms with Crippen molar-refractivity contribution in [2.45, 2.75) is 0 Å². The molecule has 140 valence electrons. The molecule has 3 rings (SSSR count). The summed E-state index contributed by atoms with van der Waals surface area (Å²) in [5.41, 5.74) is 0.895. The minimum atomic E-state index is -3.83. The van der Waals surface area contributed by atoms with E-state index >= 15 is 0 Å². The Labute approximate surface area is 176 Å². The third kappa shape index (κ3) is 4.64. The van der Waals surface area contributed by atoms with E-state index in [0.29, 0.717) is 14.9 Å². The summed E-state index contributed by atoms with van der Waals surface area (Å²) in [6, 6.07) is 11.8. The average molecular weight is 460 g/mol. The molecule has 0 atom stereocenters. The fraction of sp³-hybridized carbons (Fsp3) is 0.0588. The molecule has 0 bridgehead atoms. The topological polar surface area (TPSA) is 63.7 Å². The number of hydrogen-bond acceptors (Lipinski definition) is 6. The van der Waals surface area contributed by atoms with E-state index < -0.39 is 10.1 Å². The Morgan fingerprint density at radius 2 is 1.85 bits per heavy atom. The van der Waals surface area contributed by atoms with Crippen LogP contribution >= 0.6 is 47.2 Å². The molecule has 5 nitrogen and oxygen atoms in total. The SMILES string of the molecule is CS(=O)(=O)Oc1c(Cl)cc(Cl)cc1/C=C1/SC(=S)N(c2ccccc2)C1=O. The van der Waals surface area contributed by atoms with Gasteiger partial charge in [0.15, 0.2) is 10.1 Å². The average Bonchev–Trinajstić information content (AvgIpc) is 2.84. The summed E-state index contributed by atoms with van der Waals surface area (Å²) in [4.78, 5) is 14.5. The Morgan fingerprint density at radius 3 is 2.48 bits per heavy atom. The lowest BCUT2D eigenvalue weighted by atomic mass is 10.2. The summed E-state index contributed by atoms with van der Waals surface area (Å²) in [5, 5.41) is 0.281. The van der Waals surface area contributed by atoms with Gasteiger partial charge in [0.05, 0.1) is 21.9 Å². The van der Waals surface area contributed by atoms with Crippen LogP contribution in [0.25, 0.3) is 6.08 Å². The second-order valence-electron chi connectivity index (χ2n) is 5.45. The molecule has 0 unspecified atom stereocenters. The van der Waals surface area contributed by atoms with Gasteiger partial charge in [-0.2, -0.15) is 8.42 Å². The third-order valence-electron chi connectivity index (χ3n) is 3.37. The number of thioether (sulfide) groups is 1. The van der Waals surface area contributed by atoms with E-state index in [2.05, 4.69) is 0 Å². The van der Waals surface area contributed by atoms with Gasteiger partial charge in [0.1, 0.15) is 0 Å². The number of hydrogen-bond donors (Lipinski definition) is 0. The number of thiocarbonyl (C=S) groups is 1. The summed E-state index contributed by atoms with van der Waals surface area (Å²) in [7, 11) is -3.83. The van der Waals surface area contributed by atoms with Crippen LogP contribution in [0.15, 0.2) is 47.4 Å². The van der Waals surface area contributed by atoms with E-state index in [-0.39, 0.29) is 27.3 Å².